The van der Waals surface area contributed by atoms with Crippen molar-refractivity contribution in [2.24, 2.45) is 0 Å². The molecule has 0 aliphatic rings. The maximum atomic E-state index is 12.5. The second kappa shape index (κ2) is 6.21. The molecule has 0 aromatic carbocycles. The molecule has 106 valence electrons. The summed E-state index contributed by atoms with van der Waals surface area (Å²) in [5.41, 5.74) is 0. The number of nitrogens with one attached hydrogen (secondary N) is 3. The Hall–Kier alpha value is -2.06. The number of aromatic nitrogens is 2. The summed E-state index contributed by atoms with van der Waals surface area (Å²) < 4.78 is 37.6. The van der Waals surface area contributed by atoms with Crippen LogP contribution in [0.3, 0.4) is 0 Å². The second-order valence-electron chi connectivity index (χ2n) is 3.52. The predicted octanol–water partition coefficient (Wildman–Crippen LogP) is 1.09. The molecule has 0 atom stereocenters. The monoisotopic (exact) mass is 277 g/mol. The van der Waals surface area contributed by atoms with Gasteiger partial charge in [-0.2, -0.15) is 13.2 Å². The van der Waals surface area contributed by atoms with Gasteiger partial charge in [-0.05, 0) is 6.92 Å². The van der Waals surface area contributed by atoms with Crippen molar-refractivity contribution in [1.29, 1.82) is 0 Å². The Morgan fingerprint density at radius 2 is 1.95 bits per heavy atom. The van der Waals surface area contributed by atoms with Gasteiger partial charge < -0.3 is 16.0 Å². The molecule has 1 rings (SSSR count). The number of likely N-dealkylation sites (N-methyl/N-ethyl adjacent to an activating group) is 1. The first-order valence-electron chi connectivity index (χ1n) is 5.51. The largest absolute Gasteiger partial charge is 0.451 e. The lowest BCUT2D eigenvalue weighted by molar-refractivity contribution is -0.144. The fourth-order valence-electron chi connectivity index (χ4n) is 1.22. The second-order valence-corrected chi connectivity index (χ2v) is 3.52. The van der Waals surface area contributed by atoms with Crippen LogP contribution in [0.2, 0.25) is 0 Å². The molecule has 3 N–H and O–H groups in total. The summed E-state index contributed by atoms with van der Waals surface area (Å²) in [6, 6.07) is 1.29. The van der Waals surface area contributed by atoms with E-state index in [1.807, 2.05) is 0 Å². The molecule has 1 amide bonds. The Morgan fingerprint density at radius 3 is 2.47 bits per heavy atom. The number of hydrogen-bond acceptors (Lipinski definition) is 5. The zero-order valence-electron chi connectivity index (χ0n) is 10.4. The standard InChI is InChI=1S/C10H14F3N5O/c1-3-15-8(19)5-16-7-4-6(14-2)17-9(18-7)10(11,12)13/h4H,3,5H2,1-2H3,(H,15,19)(H2,14,16,17,18). The van der Waals surface area contributed by atoms with Crippen molar-refractivity contribution in [2.45, 2.75) is 13.1 Å². The third-order valence-electron chi connectivity index (χ3n) is 2.04. The summed E-state index contributed by atoms with van der Waals surface area (Å²) in [5, 5.41) is 7.52. The number of anilines is 2. The van der Waals surface area contributed by atoms with Crippen LogP contribution in [0.15, 0.2) is 6.07 Å². The highest BCUT2D eigenvalue weighted by Gasteiger charge is 2.35. The minimum Gasteiger partial charge on any atom is -0.373 e. The summed E-state index contributed by atoms with van der Waals surface area (Å²) >= 11 is 0. The van der Waals surface area contributed by atoms with Crippen molar-refractivity contribution < 1.29 is 18.0 Å². The Kier molecular flexibility index (Phi) is 4.90. The summed E-state index contributed by atoms with van der Waals surface area (Å²) in [4.78, 5) is 17.8. The van der Waals surface area contributed by atoms with Gasteiger partial charge in [-0.15, -0.1) is 0 Å². The zero-order chi connectivity index (χ0) is 14.5. The first kappa shape index (κ1) is 15.0. The lowest BCUT2D eigenvalue weighted by Gasteiger charge is -2.11. The van der Waals surface area contributed by atoms with E-state index < -0.39 is 12.0 Å². The fourth-order valence-corrected chi connectivity index (χ4v) is 1.22. The molecule has 0 saturated carbocycles. The molecule has 19 heavy (non-hydrogen) atoms. The molecule has 0 bridgehead atoms. The van der Waals surface area contributed by atoms with Gasteiger partial charge in [-0.3, -0.25) is 4.79 Å². The molecule has 1 aromatic heterocycles. The van der Waals surface area contributed by atoms with Crippen molar-refractivity contribution in [3.63, 3.8) is 0 Å². The number of rotatable bonds is 5. The van der Waals surface area contributed by atoms with E-state index in [1.165, 1.54) is 13.1 Å². The maximum Gasteiger partial charge on any atom is 0.451 e. The van der Waals surface area contributed by atoms with Crippen LogP contribution in [-0.4, -0.2) is 36.0 Å². The molecule has 6 nitrogen and oxygen atoms in total. The van der Waals surface area contributed by atoms with Gasteiger partial charge in [0.25, 0.3) is 0 Å². The minimum atomic E-state index is -4.64. The Bertz CT molecular complexity index is 449. The highest BCUT2D eigenvalue weighted by Crippen LogP contribution is 2.28. The van der Waals surface area contributed by atoms with Crippen LogP contribution < -0.4 is 16.0 Å². The van der Waals surface area contributed by atoms with Crippen molar-refractivity contribution >= 4 is 17.5 Å². The van der Waals surface area contributed by atoms with E-state index in [2.05, 4.69) is 25.9 Å². The Balaban J connectivity index is 2.86. The van der Waals surface area contributed by atoms with Crippen molar-refractivity contribution in [3.05, 3.63) is 11.9 Å². The molecule has 0 aliphatic carbocycles. The van der Waals surface area contributed by atoms with Crippen molar-refractivity contribution in [2.75, 3.05) is 30.8 Å². The molecular weight excluding hydrogens is 263 g/mol. The van der Waals surface area contributed by atoms with Crippen LogP contribution in [0.25, 0.3) is 0 Å². The van der Waals surface area contributed by atoms with Gasteiger partial charge in [0.15, 0.2) is 0 Å². The van der Waals surface area contributed by atoms with Crippen molar-refractivity contribution in [3.8, 4) is 0 Å². The van der Waals surface area contributed by atoms with Crippen molar-refractivity contribution in [1.82, 2.24) is 15.3 Å². The summed E-state index contributed by atoms with van der Waals surface area (Å²) in [6.07, 6.45) is -4.64. The number of hydrogen-bond donors (Lipinski definition) is 3. The van der Waals surface area contributed by atoms with E-state index in [1.54, 1.807) is 6.92 Å². The molecule has 0 spiro atoms. The SMILES string of the molecule is CCNC(=O)CNc1cc(NC)nc(C(F)(F)F)n1. The van der Waals surface area contributed by atoms with E-state index in [0.717, 1.165) is 0 Å². The first-order valence-corrected chi connectivity index (χ1v) is 5.51. The highest BCUT2D eigenvalue weighted by atomic mass is 19.4. The predicted molar refractivity (Wildman–Crippen MR) is 63.8 cm³/mol. The Labute approximate surface area is 107 Å². The maximum absolute atomic E-state index is 12.5. The van der Waals surface area contributed by atoms with Crippen LogP contribution in [0.4, 0.5) is 24.8 Å². The topological polar surface area (TPSA) is 78.9 Å². The van der Waals surface area contributed by atoms with Crippen LogP contribution in [0, 0.1) is 0 Å². The fraction of sp³-hybridized carbons (Fsp3) is 0.500. The average molecular weight is 277 g/mol. The molecular formula is C10H14F3N5O. The molecule has 1 aromatic rings. The summed E-state index contributed by atoms with van der Waals surface area (Å²) in [6.45, 7) is 2.02. The molecule has 0 aliphatic heterocycles. The van der Waals surface area contributed by atoms with Crippen LogP contribution in [0.5, 0.6) is 0 Å². The smallest absolute Gasteiger partial charge is 0.373 e. The normalized spacial score (nSPS) is 11.0. The van der Waals surface area contributed by atoms with E-state index in [9.17, 15) is 18.0 Å². The van der Waals surface area contributed by atoms with Crippen LogP contribution in [0.1, 0.15) is 12.7 Å². The molecule has 1 heterocycles. The lowest BCUT2D eigenvalue weighted by atomic mass is 10.4. The third-order valence-corrected chi connectivity index (χ3v) is 2.04. The van der Waals surface area contributed by atoms with E-state index >= 15 is 0 Å². The Morgan fingerprint density at radius 1 is 1.32 bits per heavy atom. The van der Waals surface area contributed by atoms with Gasteiger partial charge in [0, 0.05) is 19.7 Å². The molecule has 0 fully saturated rings. The van der Waals surface area contributed by atoms with Gasteiger partial charge in [-0.25, -0.2) is 9.97 Å². The summed E-state index contributed by atoms with van der Waals surface area (Å²) in [7, 11) is 1.44. The number of alkyl halides is 3. The van der Waals surface area contributed by atoms with Gasteiger partial charge in [0.1, 0.15) is 11.6 Å². The van der Waals surface area contributed by atoms with Gasteiger partial charge in [0.2, 0.25) is 11.7 Å². The average Bonchev–Trinajstić information content (AvgIpc) is 2.35. The number of nitrogens with zero attached hydrogens (tertiary/aromatic N) is 2. The van der Waals surface area contributed by atoms with Crippen LogP contribution >= 0.6 is 0 Å². The van der Waals surface area contributed by atoms with E-state index in [-0.39, 0.29) is 24.1 Å². The quantitative estimate of drug-likeness (QED) is 0.750. The molecule has 9 heteroatoms. The van der Waals surface area contributed by atoms with Gasteiger partial charge in [0.05, 0.1) is 6.54 Å². The number of amides is 1. The number of carbonyl (C=O) groups excluding carboxylic acids is 1. The summed E-state index contributed by atoms with van der Waals surface area (Å²) in [5.74, 6) is -1.66. The van der Waals surface area contributed by atoms with Gasteiger partial charge in [-0.1, -0.05) is 0 Å². The highest BCUT2D eigenvalue weighted by molar-refractivity contribution is 5.80. The number of carbonyl (C=O) groups is 1. The van der Waals surface area contributed by atoms with Crippen LogP contribution in [-0.2, 0) is 11.0 Å². The molecule has 0 radical (unpaired) electrons. The minimum absolute atomic E-state index is 0.0146. The van der Waals surface area contributed by atoms with Gasteiger partial charge >= 0.3 is 6.18 Å². The van der Waals surface area contributed by atoms with E-state index in [0.29, 0.717) is 6.54 Å². The third kappa shape index (κ3) is 4.60. The zero-order valence-corrected chi connectivity index (χ0v) is 10.4. The molecule has 0 unspecified atom stereocenters. The number of halogens is 3. The lowest BCUT2D eigenvalue weighted by Crippen LogP contribution is -2.29. The van der Waals surface area contributed by atoms with E-state index in [4.69, 9.17) is 0 Å². The first-order chi connectivity index (χ1) is 8.86. The molecule has 0 saturated heterocycles.